The number of ether oxygens (including phenoxy) is 1. The number of aromatic nitrogens is 3. The number of methoxy groups -OCH3 is 1. The van der Waals surface area contributed by atoms with Crippen LogP contribution in [0.2, 0.25) is 0 Å². The lowest BCUT2D eigenvalue weighted by Gasteiger charge is -2.24. The van der Waals surface area contributed by atoms with Crippen LogP contribution >= 0.6 is 0 Å². The minimum atomic E-state index is -3.49. The first-order valence-electron chi connectivity index (χ1n) is 12.7. The first-order valence-corrected chi connectivity index (χ1v) is 14.6. The Labute approximate surface area is 237 Å². The van der Waals surface area contributed by atoms with Crippen molar-refractivity contribution in [2.24, 2.45) is 4.99 Å². The molecule has 0 aliphatic heterocycles. The van der Waals surface area contributed by atoms with Gasteiger partial charge in [0.1, 0.15) is 5.65 Å². The van der Waals surface area contributed by atoms with Gasteiger partial charge in [0.15, 0.2) is 5.88 Å². The Bertz CT molecular complexity index is 1870. The van der Waals surface area contributed by atoms with Crippen molar-refractivity contribution < 1.29 is 23.1 Å². The fourth-order valence-corrected chi connectivity index (χ4v) is 5.51. The van der Waals surface area contributed by atoms with E-state index in [1.54, 1.807) is 48.7 Å². The van der Waals surface area contributed by atoms with E-state index in [0.717, 1.165) is 5.65 Å². The molecule has 11 nitrogen and oxygen atoms in total. The standard InChI is InChI=1S/C29H30N6O5S/c1-33(2)15-16-35(41(4,38)39)22-9-7-21(8-10-22)31-27(20-6-12-25-30-13-14-34(25)18-20)26-23-11-5-19(29(37)40-3)17-24(23)32-28(26)36/h5-14,17-18,32,36H,15-16H2,1-4H3. The number of hydrogen-bond acceptors (Lipinski definition) is 8. The number of H-pyrrole nitrogens is 1. The number of aromatic amines is 1. The molecular weight excluding hydrogens is 544 g/mol. The zero-order chi connectivity index (χ0) is 29.3. The Morgan fingerprint density at radius 3 is 2.49 bits per heavy atom. The highest BCUT2D eigenvalue weighted by molar-refractivity contribution is 7.92. The van der Waals surface area contributed by atoms with Crippen LogP contribution in [0.5, 0.6) is 5.88 Å². The molecule has 0 aliphatic carbocycles. The van der Waals surface area contributed by atoms with Gasteiger partial charge >= 0.3 is 5.97 Å². The number of aliphatic imine (C=N–C) groups is 1. The molecule has 0 fully saturated rings. The maximum Gasteiger partial charge on any atom is 0.337 e. The van der Waals surface area contributed by atoms with Crippen molar-refractivity contribution in [2.45, 2.75) is 0 Å². The van der Waals surface area contributed by atoms with Crippen molar-refractivity contribution in [3.05, 3.63) is 89.9 Å². The Morgan fingerprint density at radius 1 is 1.07 bits per heavy atom. The lowest BCUT2D eigenvalue weighted by molar-refractivity contribution is 0.0601. The molecule has 0 radical (unpaired) electrons. The number of nitrogens with one attached hydrogen (secondary N) is 1. The quantitative estimate of drug-likeness (QED) is 0.202. The third-order valence-corrected chi connectivity index (χ3v) is 7.82. The highest BCUT2D eigenvalue weighted by atomic mass is 32.2. The fourth-order valence-electron chi connectivity index (χ4n) is 4.59. The molecule has 2 aromatic carbocycles. The molecule has 12 heteroatoms. The van der Waals surface area contributed by atoms with Crippen molar-refractivity contribution in [1.29, 1.82) is 0 Å². The Morgan fingerprint density at radius 2 is 1.80 bits per heavy atom. The number of likely N-dealkylation sites (N-methyl/N-ethyl adjacent to an activating group) is 1. The van der Waals surface area contributed by atoms with Gasteiger partial charge in [-0.3, -0.25) is 4.31 Å². The average molecular weight is 575 g/mol. The van der Waals surface area contributed by atoms with Gasteiger partial charge < -0.3 is 24.1 Å². The van der Waals surface area contributed by atoms with E-state index in [1.807, 2.05) is 47.9 Å². The Kier molecular flexibility index (Phi) is 7.52. The van der Waals surface area contributed by atoms with Crippen molar-refractivity contribution in [1.82, 2.24) is 19.3 Å². The van der Waals surface area contributed by atoms with Gasteiger partial charge in [0, 0.05) is 48.1 Å². The summed E-state index contributed by atoms with van der Waals surface area (Å²) in [5.74, 6) is -0.606. The van der Waals surface area contributed by atoms with Crippen LogP contribution in [0.1, 0.15) is 21.5 Å². The largest absolute Gasteiger partial charge is 0.494 e. The number of nitrogens with zero attached hydrogens (tertiary/aromatic N) is 5. The highest BCUT2D eigenvalue weighted by Gasteiger charge is 2.21. The van der Waals surface area contributed by atoms with Gasteiger partial charge in [-0.2, -0.15) is 0 Å². The normalized spacial score (nSPS) is 12.4. The smallest absolute Gasteiger partial charge is 0.337 e. The predicted molar refractivity (Wildman–Crippen MR) is 159 cm³/mol. The summed E-state index contributed by atoms with van der Waals surface area (Å²) in [5.41, 5.74) is 4.33. The van der Waals surface area contributed by atoms with Gasteiger partial charge in [-0.05, 0) is 62.6 Å². The average Bonchev–Trinajstić information content (AvgIpc) is 3.53. The number of benzene rings is 2. The molecule has 212 valence electrons. The molecule has 0 unspecified atom stereocenters. The van der Waals surface area contributed by atoms with Crippen LogP contribution in [0.3, 0.4) is 0 Å². The lowest BCUT2D eigenvalue weighted by Crippen LogP contribution is -2.35. The number of imidazole rings is 1. The SMILES string of the molecule is COC(=O)c1ccc2c(C(=Nc3ccc(N(CCN(C)C)S(C)(=O)=O)cc3)c3ccc4nccn4c3)c(O)[nH]c2c1. The number of rotatable bonds is 9. The van der Waals surface area contributed by atoms with E-state index in [2.05, 4.69) is 9.97 Å². The summed E-state index contributed by atoms with van der Waals surface area (Å²) in [5, 5.41) is 11.7. The summed E-state index contributed by atoms with van der Waals surface area (Å²) in [7, 11) is 1.59. The Hall–Kier alpha value is -4.68. The van der Waals surface area contributed by atoms with E-state index in [4.69, 9.17) is 9.73 Å². The second-order valence-corrected chi connectivity index (χ2v) is 11.7. The van der Waals surface area contributed by atoms with Gasteiger partial charge in [-0.15, -0.1) is 0 Å². The van der Waals surface area contributed by atoms with Crippen molar-refractivity contribution in [3.63, 3.8) is 0 Å². The van der Waals surface area contributed by atoms with Crippen LogP contribution in [0.4, 0.5) is 11.4 Å². The fraction of sp³-hybridized carbons (Fsp3) is 0.207. The molecule has 3 aromatic heterocycles. The van der Waals surface area contributed by atoms with Gasteiger partial charge in [0.2, 0.25) is 10.0 Å². The predicted octanol–water partition coefficient (Wildman–Crippen LogP) is 3.80. The molecule has 2 N–H and O–H groups in total. The lowest BCUT2D eigenvalue weighted by atomic mass is 10.0. The summed E-state index contributed by atoms with van der Waals surface area (Å²) < 4.78 is 33.0. The topological polar surface area (TPSA) is 133 Å². The van der Waals surface area contributed by atoms with E-state index in [9.17, 15) is 18.3 Å². The zero-order valence-corrected chi connectivity index (χ0v) is 23.9. The molecule has 0 atom stereocenters. The molecule has 0 amide bonds. The number of sulfonamides is 1. The maximum absolute atomic E-state index is 12.5. The number of esters is 1. The number of fused-ring (bicyclic) bond motifs is 2. The first-order chi connectivity index (χ1) is 19.5. The second-order valence-electron chi connectivity index (χ2n) is 9.83. The molecule has 5 aromatic rings. The summed E-state index contributed by atoms with van der Waals surface area (Å²) in [6.07, 6.45) is 6.56. The molecule has 0 spiro atoms. The zero-order valence-electron chi connectivity index (χ0n) is 23.1. The van der Waals surface area contributed by atoms with Gasteiger partial charge in [0.25, 0.3) is 0 Å². The molecule has 3 heterocycles. The maximum atomic E-state index is 12.5. The minimum absolute atomic E-state index is 0.116. The van der Waals surface area contributed by atoms with Gasteiger partial charge in [0.05, 0.1) is 41.6 Å². The summed E-state index contributed by atoms with van der Waals surface area (Å²) >= 11 is 0. The van der Waals surface area contributed by atoms with Gasteiger partial charge in [-0.25, -0.2) is 23.2 Å². The number of aromatic hydroxyl groups is 1. The van der Waals surface area contributed by atoms with E-state index in [-0.39, 0.29) is 5.88 Å². The monoisotopic (exact) mass is 574 g/mol. The molecular formula is C29H30N6O5S. The third-order valence-electron chi connectivity index (χ3n) is 6.63. The molecule has 0 aliphatic rings. The van der Waals surface area contributed by atoms with Crippen LogP contribution in [-0.2, 0) is 14.8 Å². The van der Waals surface area contributed by atoms with Crippen molar-refractivity contribution >= 4 is 49.6 Å². The van der Waals surface area contributed by atoms with Crippen molar-refractivity contribution in [2.75, 3.05) is 44.9 Å². The number of anilines is 1. The van der Waals surface area contributed by atoms with E-state index >= 15 is 0 Å². The molecule has 5 rings (SSSR count). The van der Waals surface area contributed by atoms with Crippen molar-refractivity contribution in [3.8, 4) is 5.88 Å². The third kappa shape index (κ3) is 5.79. The number of hydrogen-bond donors (Lipinski definition) is 2. The first kappa shape index (κ1) is 27.9. The van der Waals surface area contributed by atoms with Gasteiger partial charge in [-0.1, -0.05) is 6.07 Å². The summed E-state index contributed by atoms with van der Waals surface area (Å²) in [6.45, 7) is 0.868. The minimum Gasteiger partial charge on any atom is -0.494 e. The summed E-state index contributed by atoms with van der Waals surface area (Å²) in [6, 6.07) is 15.6. The van der Waals surface area contributed by atoms with Crippen LogP contribution in [0.15, 0.2) is 78.2 Å². The van der Waals surface area contributed by atoms with Crippen LogP contribution in [0.25, 0.3) is 16.6 Å². The van der Waals surface area contributed by atoms with Crippen LogP contribution in [-0.4, -0.2) is 85.0 Å². The number of pyridine rings is 1. The molecule has 0 saturated carbocycles. The number of carbonyl (C=O) groups is 1. The van der Waals surface area contributed by atoms with Crippen LogP contribution in [0, 0.1) is 0 Å². The Balaban J connectivity index is 1.63. The molecule has 0 bridgehead atoms. The molecule has 41 heavy (non-hydrogen) atoms. The highest BCUT2D eigenvalue weighted by Crippen LogP contribution is 2.33. The molecule has 0 saturated heterocycles. The number of carbonyl (C=O) groups excluding carboxylic acids is 1. The van der Waals surface area contributed by atoms with E-state index in [1.165, 1.54) is 17.7 Å². The van der Waals surface area contributed by atoms with Crippen LogP contribution < -0.4 is 4.31 Å². The van der Waals surface area contributed by atoms with E-state index in [0.29, 0.717) is 57.8 Å². The summed E-state index contributed by atoms with van der Waals surface area (Å²) in [4.78, 5) is 26.2. The van der Waals surface area contributed by atoms with E-state index < -0.39 is 16.0 Å². The second kappa shape index (κ2) is 11.1.